The SMILES string of the molecule is CCOC(=O)CC(Cc1cncc(-c2ccc(Oc3ncc(-c4nn[nH]n4)cc3F)cc2)n1)NC(=O)OC(C)(C)C. The van der Waals surface area contributed by atoms with Crippen LogP contribution in [-0.2, 0) is 20.7 Å². The van der Waals surface area contributed by atoms with Crippen molar-refractivity contribution < 1.29 is 28.2 Å². The first-order chi connectivity index (χ1) is 19.6. The van der Waals surface area contributed by atoms with E-state index < -0.39 is 29.5 Å². The Bertz CT molecular complexity index is 1480. The topological polar surface area (TPSA) is 167 Å². The van der Waals surface area contributed by atoms with E-state index in [-0.39, 0.29) is 31.2 Å². The molecule has 14 heteroatoms. The zero-order valence-corrected chi connectivity index (χ0v) is 22.9. The lowest BCUT2D eigenvalue weighted by molar-refractivity contribution is -0.143. The molecule has 0 fully saturated rings. The van der Waals surface area contributed by atoms with E-state index in [1.807, 2.05) is 0 Å². The second kappa shape index (κ2) is 12.9. The first kappa shape index (κ1) is 29.0. The summed E-state index contributed by atoms with van der Waals surface area (Å²) in [6, 6.07) is 7.35. The van der Waals surface area contributed by atoms with E-state index in [1.165, 1.54) is 12.3 Å². The number of carbonyl (C=O) groups is 2. The van der Waals surface area contributed by atoms with Gasteiger partial charge in [-0.25, -0.2) is 19.2 Å². The highest BCUT2D eigenvalue weighted by Crippen LogP contribution is 2.27. The molecule has 0 aliphatic heterocycles. The first-order valence-corrected chi connectivity index (χ1v) is 12.7. The fraction of sp³-hybridized carbons (Fsp3) is 0.333. The molecule has 0 saturated carbocycles. The third-order valence-electron chi connectivity index (χ3n) is 5.35. The Morgan fingerprint density at radius 1 is 1.10 bits per heavy atom. The predicted octanol–water partition coefficient (Wildman–Crippen LogP) is 4.04. The van der Waals surface area contributed by atoms with Crippen LogP contribution in [0.15, 0.2) is 48.9 Å². The lowest BCUT2D eigenvalue weighted by Crippen LogP contribution is -2.41. The molecule has 0 radical (unpaired) electrons. The number of carbonyl (C=O) groups excluding carboxylic acids is 2. The molecule has 1 amide bonds. The minimum atomic E-state index is -0.700. The predicted molar refractivity (Wildman–Crippen MR) is 143 cm³/mol. The normalized spacial score (nSPS) is 11.9. The molecule has 4 aromatic rings. The zero-order chi connectivity index (χ0) is 29.4. The van der Waals surface area contributed by atoms with Crippen molar-refractivity contribution in [2.75, 3.05) is 6.61 Å². The Morgan fingerprint density at radius 2 is 1.88 bits per heavy atom. The van der Waals surface area contributed by atoms with E-state index in [0.717, 1.165) is 5.56 Å². The van der Waals surface area contributed by atoms with E-state index in [4.69, 9.17) is 14.2 Å². The van der Waals surface area contributed by atoms with Crippen LogP contribution >= 0.6 is 0 Å². The number of nitrogens with zero attached hydrogens (tertiary/aromatic N) is 6. The van der Waals surface area contributed by atoms with Crippen LogP contribution in [0.5, 0.6) is 11.6 Å². The summed E-state index contributed by atoms with van der Waals surface area (Å²) in [7, 11) is 0. The molecule has 41 heavy (non-hydrogen) atoms. The molecule has 0 bridgehead atoms. The van der Waals surface area contributed by atoms with Gasteiger partial charge in [0.1, 0.15) is 11.4 Å². The number of hydrogen-bond acceptors (Lipinski definition) is 11. The Balaban J connectivity index is 1.45. The van der Waals surface area contributed by atoms with E-state index in [2.05, 4.69) is 40.9 Å². The van der Waals surface area contributed by atoms with Crippen molar-refractivity contribution in [1.29, 1.82) is 0 Å². The molecular weight excluding hydrogens is 535 g/mol. The third-order valence-corrected chi connectivity index (χ3v) is 5.35. The van der Waals surface area contributed by atoms with Crippen LogP contribution in [0.1, 0.15) is 39.8 Å². The van der Waals surface area contributed by atoms with E-state index >= 15 is 0 Å². The van der Waals surface area contributed by atoms with Gasteiger partial charge in [0.05, 0.1) is 30.6 Å². The number of benzene rings is 1. The second-order valence-corrected chi connectivity index (χ2v) is 9.82. The fourth-order valence-electron chi connectivity index (χ4n) is 3.68. The van der Waals surface area contributed by atoms with Gasteiger partial charge in [0.2, 0.25) is 5.82 Å². The number of alkyl carbamates (subject to hydrolysis) is 1. The van der Waals surface area contributed by atoms with E-state index in [9.17, 15) is 14.0 Å². The number of rotatable bonds is 10. The first-order valence-electron chi connectivity index (χ1n) is 12.7. The lowest BCUT2D eigenvalue weighted by Gasteiger charge is -2.23. The molecule has 4 rings (SSSR count). The number of halogens is 1. The van der Waals surface area contributed by atoms with Gasteiger partial charge in [0, 0.05) is 36.0 Å². The average Bonchev–Trinajstić information content (AvgIpc) is 3.45. The number of aromatic nitrogens is 7. The number of nitrogens with one attached hydrogen (secondary N) is 2. The number of pyridine rings is 1. The summed E-state index contributed by atoms with van der Waals surface area (Å²) >= 11 is 0. The van der Waals surface area contributed by atoms with Crippen LogP contribution in [0.3, 0.4) is 0 Å². The van der Waals surface area contributed by atoms with Gasteiger partial charge >= 0.3 is 12.1 Å². The summed E-state index contributed by atoms with van der Waals surface area (Å²) in [6.45, 7) is 7.18. The molecule has 0 saturated heterocycles. The van der Waals surface area contributed by atoms with Crippen LogP contribution in [0.25, 0.3) is 22.6 Å². The highest BCUT2D eigenvalue weighted by atomic mass is 19.1. The van der Waals surface area contributed by atoms with Gasteiger partial charge in [0.25, 0.3) is 5.88 Å². The molecular formula is C27H29FN8O5. The molecule has 0 aliphatic carbocycles. The average molecular weight is 565 g/mol. The van der Waals surface area contributed by atoms with Crippen molar-refractivity contribution in [2.24, 2.45) is 0 Å². The van der Waals surface area contributed by atoms with Crippen LogP contribution in [0.4, 0.5) is 9.18 Å². The minimum absolute atomic E-state index is 0.0638. The van der Waals surface area contributed by atoms with Crippen molar-refractivity contribution in [1.82, 2.24) is 40.9 Å². The van der Waals surface area contributed by atoms with Gasteiger partial charge in [0.15, 0.2) is 5.82 Å². The van der Waals surface area contributed by atoms with Crippen LogP contribution in [0, 0.1) is 5.82 Å². The van der Waals surface area contributed by atoms with Gasteiger partial charge in [-0.05, 0) is 63.2 Å². The molecule has 13 nitrogen and oxygen atoms in total. The zero-order valence-electron chi connectivity index (χ0n) is 22.9. The maximum absolute atomic E-state index is 14.5. The van der Waals surface area contributed by atoms with Gasteiger partial charge < -0.3 is 19.5 Å². The van der Waals surface area contributed by atoms with Crippen LogP contribution in [0.2, 0.25) is 0 Å². The molecule has 3 heterocycles. The lowest BCUT2D eigenvalue weighted by atomic mass is 10.1. The van der Waals surface area contributed by atoms with Gasteiger partial charge in [-0.15, -0.1) is 10.2 Å². The number of ether oxygens (including phenoxy) is 3. The summed E-state index contributed by atoms with van der Waals surface area (Å²) in [6.07, 6.45) is 4.02. The van der Waals surface area contributed by atoms with E-state index in [0.29, 0.717) is 22.7 Å². The second-order valence-electron chi connectivity index (χ2n) is 9.82. The number of H-pyrrole nitrogens is 1. The van der Waals surface area contributed by atoms with Crippen LogP contribution < -0.4 is 10.1 Å². The monoisotopic (exact) mass is 564 g/mol. The van der Waals surface area contributed by atoms with Crippen molar-refractivity contribution in [3.63, 3.8) is 0 Å². The smallest absolute Gasteiger partial charge is 0.407 e. The van der Waals surface area contributed by atoms with Crippen LogP contribution in [-0.4, -0.2) is 65.9 Å². The molecule has 214 valence electrons. The Labute approximate surface area is 234 Å². The highest BCUT2D eigenvalue weighted by Gasteiger charge is 2.23. The van der Waals surface area contributed by atoms with Gasteiger partial charge in [-0.3, -0.25) is 9.78 Å². The van der Waals surface area contributed by atoms with Crippen molar-refractivity contribution in [3.8, 4) is 34.3 Å². The summed E-state index contributed by atoms with van der Waals surface area (Å²) in [5.41, 5.74) is 1.46. The molecule has 1 unspecified atom stereocenters. The molecule has 1 aromatic carbocycles. The van der Waals surface area contributed by atoms with Crippen molar-refractivity contribution in [2.45, 2.75) is 52.2 Å². The molecule has 3 aromatic heterocycles. The maximum atomic E-state index is 14.5. The Kier molecular flexibility index (Phi) is 9.12. The number of amides is 1. The minimum Gasteiger partial charge on any atom is -0.466 e. The quantitative estimate of drug-likeness (QED) is 0.267. The molecule has 1 atom stereocenters. The summed E-state index contributed by atoms with van der Waals surface area (Å²) in [4.78, 5) is 37.4. The summed E-state index contributed by atoms with van der Waals surface area (Å²) in [5.74, 6) is -0.788. The Hall–Kier alpha value is -5.01. The number of aromatic amines is 1. The Morgan fingerprint density at radius 3 is 2.54 bits per heavy atom. The number of hydrogen-bond donors (Lipinski definition) is 2. The van der Waals surface area contributed by atoms with Crippen molar-refractivity contribution >= 4 is 12.1 Å². The number of esters is 1. The third kappa shape index (κ3) is 8.49. The largest absolute Gasteiger partial charge is 0.466 e. The molecule has 0 aliphatic rings. The van der Waals surface area contributed by atoms with Gasteiger partial charge in [-0.1, -0.05) is 0 Å². The summed E-state index contributed by atoms with van der Waals surface area (Å²) < 4.78 is 30.5. The van der Waals surface area contributed by atoms with Gasteiger partial charge in [-0.2, -0.15) is 5.21 Å². The number of tetrazole rings is 1. The fourth-order valence-corrected chi connectivity index (χ4v) is 3.68. The van der Waals surface area contributed by atoms with E-state index in [1.54, 1.807) is 64.4 Å². The highest BCUT2D eigenvalue weighted by molar-refractivity contribution is 5.73. The maximum Gasteiger partial charge on any atom is 0.407 e. The standard InChI is InChI=1S/C27H29FN8O5/c1-5-39-23(37)12-18(32-26(38)41-27(2,3)4)11-19-14-29-15-22(31-19)16-6-8-20(9-7-16)40-25-21(28)10-17(13-30-25)24-33-35-36-34-24/h6-10,13-15,18H,5,11-12H2,1-4H3,(H,32,38)(H,33,34,35,36). The molecule has 0 spiro atoms. The van der Waals surface area contributed by atoms with Crippen molar-refractivity contribution in [3.05, 3.63) is 60.4 Å². The molecule has 2 N–H and O–H groups in total. The summed E-state index contributed by atoms with van der Waals surface area (Å²) in [5, 5.41) is 16.1.